The summed E-state index contributed by atoms with van der Waals surface area (Å²) in [6, 6.07) is 10.6. The minimum Gasteiger partial charge on any atom is -0.477 e. The molecule has 2 aromatic heterocycles. The van der Waals surface area contributed by atoms with Gasteiger partial charge in [-0.3, -0.25) is 4.90 Å². The van der Waals surface area contributed by atoms with Gasteiger partial charge in [0.25, 0.3) is 0 Å². The van der Waals surface area contributed by atoms with E-state index >= 15 is 0 Å². The SMILES string of the molecule is N#CC1CCN(C2CCN(c3cc(C(=O)O)nc4c3c(C3CCC3)nn4-c3ccc(F)cc3)CC2)C1. The summed E-state index contributed by atoms with van der Waals surface area (Å²) >= 11 is 0. The van der Waals surface area contributed by atoms with Crippen LogP contribution in [0.15, 0.2) is 30.3 Å². The van der Waals surface area contributed by atoms with Crippen LogP contribution in [0, 0.1) is 23.1 Å². The fraction of sp³-hybridized carbons (Fsp3) is 0.481. The van der Waals surface area contributed by atoms with Crippen molar-refractivity contribution in [3.05, 3.63) is 47.5 Å². The summed E-state index contributed by atoms with van der Waals surface area (Å²) in [6.07, 6.45) is 6.12. The lowest BCUT2D eigenvalue weighted by Gasteiger charge is -2.38. The number of aromatic nitrogens is 3. The van der Waals surface area contributed by atoms with Crippen LogP contribution in [0.4, 0.5) is 10.1 Å². The Balaban J connectivity index is 1.40. The highest BCUT2D eigenvalue weighted by Crippen LogP contribution is 2.43. The van der Waals surface area contributed by atoms with Gasteiger partial charge in [-0.15, -0.1) is 0 Å². The number of fused-ring (bicyclic) bond motifs is 1. The number of carboxylic acids is 1. The van der Waals surface area contributed by atoms with Crippen LogP contribution in [-0.2, 0) is 0 Å². The number of nitrogens with zero attached hydrogens (tertiary/aromatic N) is 6. The second-order valence-electron chi connectivity index (χ2n) is 10.3. The predicted molar refractivity (Wildman–Crippen MR) is 133 cm³/mol. The van der Waals surface area contributed by atoms with Crippen LogP contribution in [0.25, 0.3) is 16.7 Å². The first-order chi connectivity index (χ1) is 17.5. The average Bonchev–Trinajstić information content (AvgIpc) is 3.49. The van der Waals surface area contributed by atoms with Crippen LogP contribution in [-0.4, -0.2) is 63.0 Å². The van der Waals surface area contributed by atoms with Gasteiger partial charge in [0.2, 0.25) is 0 Å². The Hall–Kier alpha value is -3.51. The van der Waals surface area contributed by atoms with Crippen molar-refractivity contribution >= 4 is 22.7 Å². The van der Waals surface area contributed by atoms with Crippen molar-refractivity contribution in [2.24, 2.45) is 5.92 Å². The number of carbonyl (C=O) groups is 1. The molecule has 3 aromatic rings. The van der Waals surface area contributed by atoms with Gasteiger partial charge in [0.1, 0.15) is 5.82 Å². The molecule has 1 N–H and O–H groups in total. The number of carboxylic acid groups (broad SMARTS) is 1. The summed E-state index contributed by atoms with van der Waals surface area (Å²) in [5.74, 6) is -0.972. The van der Waals surface area contributed by atoms with Gasteiger partial charge in [-0.25, -0.2) is 18.9 Å². The Bertz CT molecular complexity index is 1340. The molecular weight excluding hydrogens is 459 g/mol. The molecule has 36 heavy (non-hydrogen) atoms. The van der Waals surface area contributed by atoms with Crippen molar-refractivity contribution in [1.29, 1.82) is 5.26 Å². The van der Waals surface area contributed by atoms with Crippen molar-refractivity contribution in [3.8, 4) is 11.8 Å². The zero-order valence-electron chi connectivity index (χ0n) is 20.1. The minimum absolute atomic E-state index is 0.0144. The van der Waals surface area contributed by atoms with E-state index in [4.69, 9.17) is 5.10 Å². The van der Waals surface area contributed by atoms with Crippen LogP contribution in [0.5, 0.6) is 0 Å². The molecule has 0 spiro atoms. The third kappa shape index (κ3) is 3.99. The van der Waals surface area contributed by atoms with Crippen LogP contribution in [0.1, 0.15) is 60.6 Å². The fourth-order valence-electron chi connectivity index (χ4n) is 5.91. The number of hydrogen-bond acceptors (Lipinski definition) is 6. The van der Waals surface area contributed by atoms with E-state index in [1.807, 2.05) is 0 Å². The standard InChI is InChI=1S/C27H29FN6O2/c28-19-4-6-21(7-5-19)34-26-24(25(31-34)18-2-1-3-18)23(14-22(30-26)27(35)36)32-12-9-20(10-13-32)33-11-8-17(15-29)16-33/h4-7,14,17-18,20H,1-3,8-13,16H2,(H,35,36). The molecule has 1 saturated carbocycles. The molecule has 2 aliphatic heterocycles. The number of benzene rings is 1. The summed E-state index contributed by atoms with van der Waals surface area (Å²) in [6.45, 7) is 3.44. The number of rotatable bonds is 5. The summed E-state index contributed by atoms with van der Waals surface area (Å²) in [7, 11) is 0. The van der Waals surface area contributed by atoms with E-state index < -0.39 is 5.97 Å². The average molecular weight is 489 g/mol. The normalized spacial score (nSPS) is 21.6. The molecule has 4 heterocycles. The maximum absolute atomic E-state index is 13.6. The first-order valence-corrected chi connectivity index (χ1v) is 12.8. The van der Waals surface area contributed by atoms with E-state index in [0.717, 1.165) is 81.5 Å². The molecule has 6 rings (SSSR count). The number of nitriles is 1. The highest BCUT2D eigenvalue weighted by atomic mass is 19.1. The summed E-state index contributed by atoms with van der Waals surface area (Å²) in [4.78, 5) is 21.3. The van der Waals surface area contributed by atoms with Crippen molar-refractivity contribution in [2.45, 2.75) is 50.5 Å². The first-order valence-electron chi connectivity index (χ1n) is 12.8. The lowest BCUT2D eigenvalue weighted by Crippen LogP contribution is -2.44. The Morgan fingerprint density at radius 2 is 1.83 bits per heavy atom. The van der Waals surface area contributed by atoms with Gasteiger partial charge >= 0.3 is 5.97 Å². The van der Waals surface area contributed by atoms with Gasteiger partial charge in [-0.05, 0) is 69.0 Å². The third-order valence-corrected chi connectivity index (χ3v) is 8.15. The fourth-order valence-corrected chi connectivity index (χ4v) is 5.91. The number of halogens is 1. The summed E-state index contributed by atoms with van der Waals surface area (Å²) in [5.41, 5.74) is 2.99. The quantitative estimate of drug-likeness (QED) is 0.570. The molecule has 1 atom stereocenters. The van der Waals surface area contributed by atoms with Gasteiger partial charge in [0.15, 0.2) is 11.3 Å². The monoisotopic (exact) mass is 488 g/mol. The molecule has 0 bridgehead atoms. The van der Waals surface area contributed by atoms with E-state index in [9.17, 15) is 19.6 Å². The van der Waals surface area contributed by atoms with Crippen molar-refractivity contribution in [3.63, 3.8) is 0 Å². The van der Waals surface area contributed by atoms with E-state index in [-0.39, 0.29) is 17.4 Å². The maximum atomic E-state index is 13.6. The lowest BCUT2D eigenvalue weighted by atomic mass is 9.82. The molecule has 1 aromatic carbocycles. The van der Waals surface area contributed by atoms with Gasteiger partial charge in [0.05, 0.1) is 34.4 Å². The highest BCUT2D eigenvalue weighted by Gasteiger charge is 2.34. The van der Waals surface area contributed by atoms with E-state index in [2.05, 4.69) is 20.9 Å². The number of pyridine rings is 1. The van der Waals surface area contributed by atoms with E-state index in [0.29, 0.717) is 23.3 Å². The van der Waals surface area contributed by atoms with Crippen molar-refractivity contribution in [2.75, 3.05) is 31.1 Å². The summed E-state index contributed by atoms with van der Waals surface area (Å²) < 4.78 is 15.3. The summed E-state index contributed by atoms with van der Waals surface area (Å²) in [5, 5.41) is 25.0. The number of likely N-dealkylation sites (tertiary alicyclic amines) is 1. The number of anilines is 1. The second-order valence-corrected chi connectivity index (χ2v) is 10.3. The van der Waals surface area contributed by atoms with Crippen LogP contribution < -0.4 is 4.90 Å². The van der Waals surface area contributed by atoms with Crippen molar-refractivity contribution < 1.29 is 14.3 Å². The Kier molecular flexibility index (Phi) is 5.84. The Morgan fingerprint density at radius 1 is 1.08 bits per heavy atom. The molecule has 186 valence electrons. The van der Waals surface area contributed by atoms with Gasteiger partial charge in [-0.2, -0.15) is 10.4 Å². The molecule has 2 saturated heterocycles. The largest absolute Gasteiger partial charge is 0.477 e. The molecule has 0 amide bonds. The topological polar surface area (TPSA) is 98.3 Å². The molecule has 9 heteroatoms. The minimum atomic E-state index is -1.08. The zero-order chi connectivity index (χ0) is 24.8. The van der Waals surface area contributed by atoms with Gasteiger partial charge in [0, 0.05) is 31.6 Å². The third-order valence-electron chi connectivity index (χ3n) is 8.15. The van der Waals surface area contributed by atoms with Crippen LogP contribution in [0.3, 0.4) is 0 Å². The van der Waals surface area contributed by atoms with Crippen LogP contribution >= 0.6 is 0 Å². The molecule has 1 unspecified atom stereocenters. The van der Waals surface area contributed by atoms with Gasteiger partial charge in [-0.1, -0.05) is 6.42 Å². The van der Waals surface area contributed by atoms with Crippen molar-refractivity contribution in [1.82, 2.24) is 19.7 Å². The number of piperidine rings is 1. The predicted octanol–water partition coefficient (Wildman–Crippen LogP) is 4.34. The maximum Gasteiger partial charge on any atom is 0.354 e. The molecule has 1 aliphatic carbocycles. The second kappa shape index (κ2) is 9.17. The molecule has 8 nitrogen and oxygen atoms in total. The smallest absolute Gasteiger partial charge is 0.354 e. The molecular formula is C27H29FN6O2. The van der Waals surface area contributed by atoms with E-state index in [1.165, 1.54) is 12.1 Å². The van der Waals surface area contributed by atoms with Gasteiger partial charge < -0.3 is 10.0 Å². The molecule has 0 radical (unpaired) electrons. The Morgan fingerprint density at radius 3 is 2.44 bits per heavy atom. The Labute approximate surface area is 208 Å². The molecule has 3 fully saturated rings. The number of aromatic carboxylic acids is 1. The lowest BCUT2D eigenvalue weighted by molar-refractivity contribution is 0.0691. The highest BCUT2D eigenvalue weighted by molar-refractivity contribution is 5.98. The first kappa shape index (κ1) is 22.9. The van der Waals surface area contributed by atoms with Crippen LogP contribution in [0.2, 0.25) is 0 Å². The zero-order valence-corrected chi connectivity index (χ0v) is 20.1. The number of hydrogen-bond donors (Lipinski definition) is 1. The van der Waals surface area contributed by atoms with E-state index in [1.54, 1.807) is 22.9 Å². The molecule has 3 aliphatic rings.